The fourth-order valence-corrected chi connectivity index (χ4v) is 2.73. The van der Waals surface area contributed by atoms with Gasteiger partial charge in [-0.15, -0.1) is 0 Å². The zero-order chi connectivity index (χ0) is 14.8. The van der Waals surface area contributed by atoms with Gasteiger partial charge in [0.05, 0.1) is 0 Å². The van der Waals surface area contributed by atoms with E-state index >= 15 is 0 Å². The van der Waals surface area contributed by atoms with Crippen molar-refractivity contribution in [3.05, 3.63) is 65.0 Å². The molecule has 1 aromatic heterocycles. The third kappa shape index (κ3) is 2.97. The number of amides is 1. The Kier molecular flexibility index (Phi) is 3.75. The fraction of sp³-hybridized carbons (Fsp3) is 0.0625. The largest absolute Gasteiger partial charge is 0.338 e. The molecule has 3 aromatic rings. The van der Waals surface area contributed by atoms with Gasteiger partial charge in [-0.2, -0.15) is 0 Å². The molecule has 21 heavy (non-hydrogen) atoms. The van der Waals surface area contributed by atoms with Gasteiger partial charge in [-0.1, -0.05) is 28.1 Å². The van der Waals surface area contributed by atoms with Crippen LogP contribution in [0, 0.1) is 5.82 Å². The molecule has 1 N–H and O–H groups in total. The molecule has 1 amide bonds. The molecule has 106 valence electrons. The molecule has 0 spiro atoms. The molecule has 0 bridgehead atoms. The van der Waals surface area contributed by atoms with E-state index in [1.54, 1.807) is 12.1 Å². The second-order valence-corrected chi connectivity index (χ2v) is 5.53. The Morgan fingerprint density at radius 1 is 1.19 bits per heavy atom. The Hall–Kier alpha value is -2.14. The average Bonchev–Trinajstić information content (AvgIpc) is 2.83. The van der Waals surface area contributed by atoms with Crippen LogP contribution in [-0.4, -0.2) is 10.5 Å². The molecule has 1 heterocycles. The summed E-state index contributed by atoms with van der Waals surface area (Å²) in [6.45, 7) is 0.177. The van der Waals surface area contributed by atoms with Crippen molar-refractivity contribution >= 4 is 38.4 Å². The summed E-state index contributed by atoms with van der Waals surface area (Å²) in [4.78, 5) is 12.1. The zero-order valence-corrected chi connectivity index (χ0v) is 12.6. The Morgan fingerprint density at radius 2 is 2.00 bits per heavy atom. The van der Waals surface area contributed by atoms with Crippen LogP contribution >= 0.6 is 15.9 Å². The molecule has 3 nitrogen and oxygen atoms in total. The zero-order valence-electron chi connectivity index (χ0n) is 11.0. The van der Waals surface area contributed by atoms with Crippen LogP contribution in [0.3, 0.4) is 0 Å². The SMILES string of the molecule is O=C(Cn1ccc2c(Br)cccc21)Nc1cccc(F)c1. The van der Waals surface area contributed by atoms with E-state index in [2.05, 4.69) is 21.2 Å². The van der Waals surface area contributed by atoms with E-state index in [0.29, 0.717) is 5.69 Å². The van der Waals surface area contributed by atoms with Crippen molar-refractivity contribution in [3.8, 4) is 0 Å². The first-order valence-corrected chi connectivity index (χ1v) is 7.21. The van der Waals surface area contributed by atoms with Gasteiger partial charge in [0.2, 0.25) is 5.91 Å². The van der Waals surface area contributed by atoms with Gasteiger partial charge in [-0.3, -0.25) is 4.79 Å². The van der Waals surface area contributed by atoms with Gasteiger partial charge >= 0.3 is 0 Å². The van der Waals surface area contributed by atoms with E-state index in [1.807, 2.05) is 35.0 Å². The van der Waals surface area contributed by atoms with Gasteiger partial charge in [0, 0.05) is 27.3 Å². The summed E-state index contributed by atoms with van der Waals surface area (Å²) in [6.07, 6.45) is 1.86. The maximum atomic E-state index is 13.1. The standard InChI is InChI=1S/C16H12BrFN2O/c17-14-5-2-6-15-13(14)7-8-20(15)10-16(21)19-12-4-1-3-11(18)9-12/h1-9H,10H2,(H,19,21). The number of nitrogens with one attached hydrogen (secondary N) is 1. The van der Waals surface area contributed by atoms with Gasteiger partial charge in [0.25, 0.3) is 0 Å². The first-order valence-electron chi connectivity index (χ1n) is 6.42. The Labute approximate surface area is 129 Å². The van der Waals surface area contributed by atoms with E-state index in [4.69, 9.17) is 0 Å². The number of benzene rings is 2. The van der Waals surface area contributed by atoms with Crippen LogP contribution in [0.1, 0.15) is 0 Å². The number of nitrogens with zero attached hydrogens (tertiary/aromatic N) is 1. The van der Waals surface area contributed by atoms with Crippen LogP contribution in [0.25, 0.3) is 10.9 Å². The smallest absolute Gasteiger partial charge is 0.244 e. The van der Waals surface area contributed by atoms with Crippen LogP contribution in [0.5, 0.6) is 0 Å². The molecule has 0 fully saturated rings. The van der Waals surface area contributed by atoms with E-state index in [0.717, 1.165) is 15.4 Å². The van der Waals surface area contributed by atoms with Gasteiger partial charge in [-0.25, -0.2) is 4.39 Å². The summed E-state index contributed by atoms with van der Waals surface area (Å²) in [6, 6.07) is 13.6. The van der Waals surface area contributed by atoms with E-state index in [1.165, 1.54) is 12.1 Å². The highest BCUT2D eigenvalue weighted by Crippen LogP contribution is 2.24. The van der Waals surface area contributed by atoms with Crippen molar-refractivity contribution in [2.75, 3.05) is 5.32 Å². The lowest BCUT2D eigenvalue weighted by Crippen LogP contribution is -2.18. The minimum atomic E-state index is -0.372. The first-order chi connectivity index (χ1) is 10.1. The minimum Gasteiger partial charge on any atom is -0.338 e. The van der Waals surface area contributed by atoms with Crippen molar-refractivity contribution in [1.82, 2.24) is 4.57 Å². The molecule has 2 aromatic carbocycles. The second kappa shape index (κ2) is 5.69. The summed E-state index contributed by atoms with van der Waals surface area (Å²) in [5.41, 5.74) is 1.43. The minimum absolute atomic E-state index is 0.177. The quantitative estimate of drug-likeness (QED) is 0.758. The second-order valence-electron chi connectivity index (χ2n) is 4.67. The maximum Gasteiger partial charge on any atom is 0.244 e. The van der Waals surface area contributed by atoms with Gasteiger partial charge in [-0.05, 0) is 36.4 Å². The molecular weight excluding hydrogens is 335 g/mol. The Morgan fingerprint density at radius 3 is 2.81 bits per heavy atom. The molecule has 0 unspecified atom stereocenters. The topological polar surface area (TPSA) is 34.0 Å². The maximum absolute atomic E-state index is 13.1. The molecule has 0 saturated carbocycles. The number of hydrogen-bond acceptors (Lipinski definition) is 1. The average molecular weight is 347 g/mol. The Balaban J connectivity index is 1.79. The molecule has 0 saturated heterocycles. The lowest BCUT2D eigenvalue weighted by atomic mass is 10.2. The predicted octanol–water partition coefficient (Wildman–Crippen LogP) is 4.18. The molecule has 0 aliphatic carbocycles. The summed E-state index contributed by atoms with van der Waals surface area (Å²) in [5.74, 6) is -0.568. The molecule has 5 heteroatoms. The predicted molar refractivity (Wildman–Crippen MR) is 84.7 cm³/mol. The van der Waals surface area contributed by atoms with Gasteiger partial charge in [0.15, 0.2) is 0 Å². The van der Waals surface area contributed by atoms with Crippen molar-refractivity contribution < 1.29 is 9.18 Å². The first kappa shape index (κ1) is 13.8. The van der Waals surface area contributed by atoms with Crippen LogP contribution in [-0.2, 0) is 11.3 Å². The highest BCUT2D eigenvalue weighted by Gasteiger charge is 2.08. The lowest BCUT2D eigenvalue weighted by molar-refractivity contribution is -0.116. The van der Waals surface area contributed by atoms with Crippen molar-refractivity contribution in [1.29, 1.82) is 0 Å². The summed E-state index contributed by atoms with van der Waals surface area (Å²) >= 11 is 3.48. The van der Waals surface area contributed by atoms with Crippen LogP contribution < -0.4 is 5.32 Å². The number of rotatable bonds is 3. The number of anilines is 1. The van der Waals surface area contributed by atoms with Crippen LogP contribution in [0.2, 0.25) is 0 Å². The molecule has 3 rings (SSSR count). The highest BCUT2D eigenvalue weighted by atomic mass is 79.9. The Bertz CT molecular complexity index is 813. The molecular formula is C16H12BrFN2O. The van der Waals surface area contributed by atoms with Crippen molar-refractivity contribution in [2.24, 2.45) is 0 Å². The number of fused-ring (bicyclic) bond motifs is 1. The highest BCUT2D eigenvalue weighted by molar-refractivity contribution is 9.10. The number of aromatic nitrogens is 1. The molecule has 0 radical (unpaired) electrons. The van der Waals surface area contributed by atoms with Gasteiger partial charge < -0.3 is 9.88 Å². The summed E-state index contributed by atoms with van der Waals surface area (Å²) < 4.78 is 15.9. The normalized spacial score (nSPS) is 10.8. The van der Waals surface area contributed by atoms with Crippen molar-refractivity contribution in [3.63, 3.8) is 0 Å². The monoisotopic (exact) mass is 346 g/mol. The third-order valence-electron chi connectivity index (χ3n) is 3.18. The lowest BCUT2D eigenvalue weighted by Gasteiger charge is -2.07. The fourth-order valence-electron chi connectivity index (χ4n) is 2.25. The number of carbonyl (C=O) groups is 1. The summed E-state index contributed by atoms with van der Waals surface area (Å²) in [7, 11) is 0. The van der Waals surface area contributed by atoms with E-state index in [-0.39, 0.29) is 18.3 Å². The number of hydrogen-bond donors (Lipinski definition) is 1. The van der Waals surface area contributed by atoms with Crippen molar-refractivity contribution in [2.45, 2.75) is 6.54 Å². The summed E-state index contributed by atoms with van der Waals surface area (Å²) in [5, 5.41) is 3.74. The number of carbonyl (C=O) groups excluding carboxylic acids is 1. The van der Waals surface area contributed by atoms with E-state index in [9.17, 15) is 9.18 Å². The van der Waals surface area contributed by atoms with Gasteiger partial charge in [0.1, 0.15) is 12.4 Å². The molecule has 0 atom stereocenters. The molecule has 0 aliphatic rings. The third-order valence-corrected chi connectivity index (χ3v) is 3.87. The van der Waals surface area contributed by atoms with E-state index < -0.39 is 0 Å². The van der Waals surface area contributed by atoms with Crippen LogP contribution in [0.15, 0.2) is 59.2 Å². The van der Waals surface area contributed by atoms with Crippen LogP contribution in [0.4, 0.5) is 10.1 Å². The number of halogens is 2. The molecule has 0 aliphatic heterocycles.